The summed E-state index contributed by atoms with van der Waals surface area (Å²) in [5.74, 6) is 0.460. The van der Waals surface area contributed by atoms with Gasteiger partial charge in [-0.3, -0.25) is 10.2 Å². The molecule has 0 spiro atoms. The number of hydrogen-bond acceptors (Lipinski definition) is 5. The lowest BCUT2D eigenvalue weighted by molar-refractivity contribution is 0.0744. The number of carbonyl (C=O) groups is 1. The summed E-state index contributed by atoms with van der Waals surface area (Å²) >= 11 is 0. The molecule has 17 heavy (non-hydrogen) atoms. The lowest BCUT2D eigenvalue weighted by Crippen LogP contribution is -2.45. The van der Waals surface area contributed by atoms with E-state index < -0.39 is 0 Å². The highest BCUT2D eigenvalue weighted by molar-refractivity contribution is 5.91. The van der Waals surface area contributed by atoms with Crippen LogP contribution in [0.15, 0.2) is 12.4 Å². The molecule has 92 valence electrons. The number of hydrogen-bond donors (Lipinski definition) is 2. The van der Waals surface area contributed by atoms with Crippen LogP contribution >= 0.6 is 0 Å². The van der Waals surface area contributed by atoms with Gasteiger partial charge in [0.2, 0.25) is 0 Å². The third-order valence-corrected chi connectivity index (χ3v) is 2.76. The first-order valence-electron chi connectivity index (χ1n) is 5.85. The Morgan fingerprint density at radius 1 is 1.24 bits per heavy atom. The fourth-order valence-electron chi connectivity index (χ4n) is 1.78. The van der Waals surface area contributed by atoms with Crippen molar-refractivity contribution in [2.75, 3.05) is 25.5 Å². The van der Waals surface area contributed by atoms with Crippen LogP contribution in [0.5, 0.6) is 0 Å². The zero-order valence-corrected chi connectivity index (χ0v) is 9.94. The highest BCUT2D eigenvalue weighted by atomic mass is 16.2. The molecule has 2 heterocycles. The summed E-state index contributed by atoms with van der Waals surface area (Å²) in [5, 5.41) is 4.80. The molecular formula is C11H17N5O. The molecule has 1 amide bonds. The van der Waals surface area contributed by atoms with Crippen LogP contribution in [0.3, 0.4) is 0 Å². The maximum Gasteiger partial charge on any atom is 0.285 e. The number of aromatic nitrogens is 2. The molecule has 1 aliphatic rings. The summed E-state index contributed by atoms with van der Waals surface area (Å²) in [6, 6.07) is 0. The summed E-state index contributed by atoms with van der Waals surface area (Å²) in [7, 11) is 1.76. The summed E-state index contributed by atoms with van der Waals surface area (Å²) in [6.07, 6.45) is 6.52. The molecule has 2 rings (SSSR count). The Balaban J connectivity index is 1.93. The molecule has 1 saturated heterocycles. The van der Waals surface area contributed by atoms with Gasteiger partial charge in [0.05, 0.1) is 12.4 Å². The number of anilines is 1. The maximum atomic E-state index is 11.8. The molecule has 1 aliphatic heterocycles. The standard InChI is InChI=1S/C11H17N5O/c1-12-10-8-13-9(7-14-10)11(17)15-16-5-3-2-4-6-16/h7-8H,2-6H2,1H3,(H,12,14)(H,15,17). The Morgan fingerprint density at radius 2 is 2.00 bits per heavy atom. The largest absolute Gasteiger partial charge is 0.372 e. The van der Waals surface area contributed by atoms with E-state index in [4.69, 9.17) is 0 Å². The van der Waals surface area contributed by atoms with Crippen LogP contribution in [0, 0.1) is 0 Å². The van der Waals surface area contributed by atoms with E-state index in [1.807, 2.05) is 5.01 Å². The van der Waals surface area contributed by atoms with Gasteiger partial charge in [-0.25, -0.2) is 15.0 Å². The van der Waals surface area contributed by atoms with Crippen LogP contribution in [-0.2, 0) is 0 Å². The normalized spacial score (nSPS) is 16.5. The maximum absolute atomic E-state index is 11.8. The van der Waals surface area contributed by atoms with Gasteiger partial charge in [0.1, 0.15) is 11.5 Å². The van der Waals surface area contributed by atoms with Gasteiger partial charge in [-0.05, 0) is 12.8 Å². The Bertz CT molecular complexity index is 372. The van der Waals surface area contributed by atoms with Crippen molar-refractivity contribution in [2.45, 2.75) is 19.3 Å². The van der Waals surface area contributed by atoms with Crippen molar-refractivity contribution in [3.63, 3.8) is 0 Å². The summed E-state index contributed by atoms with van der Waals surface area (Å²) in [4.78, 5) is 19.9. The Labute approximate surface area is 100 Å². The predicted molar refractivity (Wildman–Crippen MR) is 64.5 cm³/mol. The Hall–Kier alpha value is -1.69. The van der Waals surface area contributed by atoms with E-state index in [1.54, 1.807) is 13.2 Å². The van der Waals surface area contributed by atoms with Crippen molar-refractivity contribution in [1.29, 1.82) is 0 Å². The van der Waals surface area contributed by atoms with Crippen LogP contribution in [0.4, 0.5) is 5.82 Å². The van der Waals surface area contributed by atoms with Gasteiger partial charge in [-0.1, -0.05) is 6.42 Å². The first-order valence-corrected chi connectivity index (χ1v) is 5.85. The van der Waals surface area contributed by atoms with Crippen molar-refractivity contribution >= 4 is 11.7 Å². The monoisotopic (exact) mass is 235 g/mol. The predicted octanol–water partition coefficient (Wildman–Crippen LogP) is 0.649. The first-order chi connectivity index (χ1) is 8.29. The first kappa shape index (κ1) is 11.8. The second kappa shape index (κ2) is 5.58. The Kier molecular flexibility index (Phi) is 3.87. The van der Waals surface area contributed by atoms with Crippen LogP contribution in [0.1, 0.15) is 29.8 Å². The molecule has 1 aromatic heterocycles. The van der Waals surface area contributed by atoms with Gasteiger partial charge in [0, 0.05) is 20.1 Å². The second-order valence-electron chi connectivity index (χ2n) is 4.03. The van der Waals surface area contributed by atoms with E-state index in [-0.39, 0.29) is 5.91 Å². The average molecular weight is 235 g/mol. The highest BCUT2D eigenvalue weighted by Gasteiger charge is 2.14. The van der Waals surface area contributed by atoms with Gasteiger partial charge in [0.15, 0.2) is 0 Å². The molecule has 1 fully saturated rings. The minimum atomic E-state index is -0.193. The van der Waals surface area contributed by atoms with Gasteiger partial charge < -0.3 is 5.32 Å². The quantitative estimate of drug-likeness (QED) is 0.805. The van der Waals surface area contributed by atoms with E-state index in [0.29, 0.717) is 11.5 Å². The van der Waals surface area contributed by atoms with Crippen molar-refractivity contribution in [2.24, 2.45) is 0 Å². The van der Waals surface area contributed by atoms with Gasteiger partial charge in [-0.15, -0.1) is 0 Å². The lowest BCUT2D eigenvalue weighted by atomic mass is 10.2. The van der Waals surface area contributed by atoms with Crippen LogP contribution in [-0.4, -0.2) is 41.0 Å². The molecule has 0 bridgehead atoms. The minimum Gasteiger partial charge on any atom is -0.372 e. The number of hydrazine groups is 1. The van der Waals surface area contributed by atoms with E-state index in [0.717, 1.165) is 25.9 Å². The molecule has 1 aromatic rings. The smallest absolute Gasteiger partial charge is 0.285 e. The van der Waals surface area contributed by atoms with Crippen molar-refractivity contribution in [3.8, 4) is 0 Å². The molecular weight excluding hydrogens is 218 g/mol. The van der Waals surface area contributed by atoms with Crippen molar-refractivity contribution in [3.05, 3.63) is 18.1 Å². The van der Waals surface area contributed by atoms with Gasteiger partial charge in [0.25, 0.3) is 5.91 Å². The van der Waals surface area contributed by atoms with Crippen molar-refractivity contribution < 1.29 is 4.79 Å². The van der Waals surface area contributed by atoms with Crippen LogP contribution in [0.25, 0.3) is 0 Å². The molecule has 0 aliphatic carbocycles. The number of carbonyl (C=O) groups excluding carboxylic acids is 1. The molecule has 2 N–H and O–H groups in total. The number of nitrogens with one attached hydrogen (secondary N) is 2. The van der Waals surface area contributed by atoms with E-state index >= 15 is 0 Å². The number of nitrogens with zero attached hydrogens (tertiary/aromatic N) is 3. The fourth-order valence-corrected chi connectivity index (χ4v) is 1.78. The zero-order valence-electron chi connectivity index (χ0n) is 9.94. The van der Waals surface area contributed by atoms with E-state index in [9.17, 15) is 4.79 Å². The lowest BCUT2D eigenvalue weighted by Gasteiger charge is -2.26. The molecule has 0 unspecified atom stereocenters. The third-order valence-electron chi connectivity index (χ3n) is 2.76. The molecule has 6 nitrogen and oxygen atoms in total. The van der Waals surface area contributed by atoms with Gasteiger partial charge in [-0.2, -0.15) is 0 Å². The molecule has 6 heteroatoms. The summed E-state index contributed by atoms with van der Waals surface area (Å²) in [5.41, 5.74) is 3.19. The molecule has 0 aromatic carbocycles. The highest BCUT2D eigenvalue weighted by Crippen LogP contribution is 2.06. The summed E-state index contributed by atoms with van der Waals surface area (Å²) in [6.45, 7) is 1.82. The minimum absolute atomic E-state index is 0.193. The average Bonchev–Trinajstić information content (AvgIpc) is 2.40. The summed E-state index contributed by atoms with van der Waals surface area (Å²) < 4.78 is 0. The Morgan fingerprint density at radius 3 is 2.59 bits per heavy atom. The molecule has 0 atom stereocenters. The number of piperidine rings is 1. The van der Waals surface area contributed by atoms with E-state index in [2.05, 4.69) is 20.7 Å². The van der Waals surface area contributed by atoms with Crippen LogP contribution in [0.2, 0.25) is 0 Å². The third kappa shape index (κ3) is 3.13. The second-order valence-corrected chi connectivity index (χ2v) is 4.03. The molecule has 0 saturated carbocycles. The van der Waals surface area contributed by atoms with Crippen molar-refractivity contribution in [1.82, 2.24) is 20.4 Å². The number of amides is 1. The number of rotatable bonds is 3. The van der Waals surface area contributed by atoms with Gasteiger partial charge >= 0.3 is 0 Å². The zero-order chi connectivity index (χ0) is 12.1. The fraction of sp³-hybridized carbons (Fsp3) is 0.545. The van der Waals surface area contributed by atoms with E-state index in [1.165, 1.54) is 12.6 Å². The topological polar surface area (TPSA) is 70.2 Å². The molecule has 0 radical (unpaired) electrons. The SMILES string of the molecule is CNc1cnc(C(=O)NN2CCCCC2)cn1. The van der Waals surface area contributed by atoms with Crippen LogP contribution < -0.4 is 10.7 Å².